The van der Waals surface area contributed by atoms with Gasteiger partial charge in [-0.3, -0.25) is 19.2 Å². The van der Waals surface area contributed by atoms with Gasteiger partial charge in [0.1, 0.15) is 23.7 Å². The molecule has 5 rings (SSSR count). The Morgan fingerprint density at radius 3 is 2.50 bits per heavy atom. The Morgan fingerprint density at radius 2 is 1.83 bits per heavy atom. The van der Waals surface area contributed by atoms with Gasteiger partial charge in [-0.15, -0.1) is 0 Å². The summed E-state index contributed by atoms with van der Waals surface area (Å²) in [6, 6.07) is 6.82. The van der Waals surface area contributed by atoms with Gasteiger partial charge >= 0.3 is 5.97 Å². The summed E-state index contributed by atoms with van der Waals surface area (Å²) >= 11 is 0. The Bertz CT molecular complexity index is 1260. The molecular formula is C32H41N3O7. The van der Waals surface area contributed by atoms with Crippen LogP contribution in [0.3, 0.4) is 0 Å². The van der Waals surface area contributed by atoms with Gasteiger partial charge in [-0.1, -0.05) is 61.6 Å². The van der Waals surface area contributed by atoms with Crippen LogP contribution in [0.15, 0.2) is 54.6 Å². The van der Waals surface area contributed by atoms with E-state index in [-0.39, 0.29) is 30.9 Å². The van der Waals surface area contributed by atoms with Gasteiger partial charge in [0, 0.05) is 19.0 Å². The average molecular weight is 580 g/mol. The molecule has 2 fully saturated rings. The van der Waals surface area contributed by atoms with Crippen molar-refractivity contribution in [1.29, 1.82) is 0 Å². The number of benzene rings is 1. The molecule has 10 nitrogen and oxygen atoms in total. The average Bonchev–Trinajstić information content (AvgIpc) is 3.35. The zero-order chi connectivity index (χ0) is 30.2. The van der Waals surface area contributed by atoms with Crippen LogP contribution in [0.1, 0.15) is 58.6 Å². The van der Waals surface area contributed by atoms with Crippen molar-refractivity contribution in [2.75, 3.05) is 13.2 Å². The Kier molecular flexibility index (Phi) is 8.57. The molecule has 1 aromatic carbocycles. The first-order chi connectivity index (χ1) is 20.1. The van der Waals surface area contributed by atoms with Gasteiger partial charge in [0.25, 0.3) is 0 Å². The molecular weight excluding hydrogens is 538 g/mol. The molecule has 1 aromatic rings. The zero-order valence-corrected chi connectivity index (χ0v) is 24.6. The number of aliphatic hydroxyl groups excluding tert-OH is 1. The van der Waals surface area contributed by atoms with Crippen molar-refractivity contribution >= 4 is 23.7 Å². The molecule has 8 atom stereocenters. The van der Waals surface area contributed by atoms with Gasteiger partial charge in [-0.25, -0.2) is 0 Å². The summed E-state index contributed by atoms with van der Waals surface area (Å²) in [4.78, 5) is 58.7. The van der Waals surface area contributed by atoms with E-state index in [2.05, 4.69) is 5.32 Å². The maximum atomic E-state index is 14.4. The summed E-state index contributed by atoms with van der Waals surface area (Å²) in [7, 11) is 0. The fraction of sp³-hybridized carbons (Fsp3) is 0.562. The number of likely N-dealkylation sites (tertiary alicyclic amines) is 1. The number of fused-ring (bicyclic) bond motifs is 2. The van der Waals surface area contributed by atoms with Crippen molar-refractivity contribution in [3.63, 3.8) is 0 Å². The molecule has 4 aliphatic heterocycles. The normalized spacial score (nSPS) is 34.9. The van der Waals surface area contributed by atoms with Crippen LogP contribution >= 0.6 is 0 Å². The van der Waals surface area contributed by atoms with Crippen LogP contribution in [0.5, 0.6) is 0 Å². The second-order valence-electron chi connectivity index (χ2n) is 11.9. The van der Waals surface area contributed by atoms with E-state index < -0.39 is 59.6 Å². The lowest BCUT2D eigenvalue weighted by Gasteiger charge is -2.39. The van der Waals surface area contributed by atoms with Crippen molar-refractivity contribution in [2.24, 2.45) is 11.8 Å². The number of nitrogens with one attached hydrogen (secondary N) is 1. The molecule has 4 heterocycles. The molecule has 2 N–H and O–H groups in total. The van der Waals surface area contributed by atoms with Gasteiger partial charge in [-0.2, -0.15) is 0 Å². The number of carbonyl (C=O) groups is 4. The molecule has 42 heavy (non-hydrogen) atoms. The van der Waals surface area contributed by atoms with Crippen molar-refractivity contribution in [3.05, 3.63) is 60.2 Å². The minimum absolute atomic E-state index is 0.139. The smallest absolute Gasteiger partial charge is 0.313 e. The minimum Gasteiger partial charge on any atom is -0.455 e. The van der Waals surface area contributed by atoms with Crippen molar-refractivity contribution in [1.82, 2.24) is 15.1 Å². The number of aliphatic hydroxyl groups is 1. The van der Waals surface area contributed by atoms with Gasteiger partial charge in [0.15, 0.2) is 0 Å². The highest BCUT2D eigenvalue weighted by Gasteiger charge is 2.72. The fourth-order valence-corrected chi connectivity index (χ4v) is 6.93. The van der Waals surface area contributed by atoms with Crippen LogP contribution in [0.2, 0.25) is 0 Å². The predicted molar refractivity (Wildman–Crippen MR) is 154 cm³/mol. The van der Waals surface area contributed by atoms with Crippen LogP contribution in [-0.4, -0.2) is 87.6 Å². The number of cyclic esters (lactones) is 1. The molecule has 4 aliphatic rings. The molecule has 0 bridgehead atoms. The largest absolute Gasteiger partial charge is 0.455 e. The number of carbonyl (C=O) groups excluding carboxylic acids is 4. The molecule has 0 unspecified atom stereocenters. The van der Waals surface area contributed by atoms with E-state index in [0.717, 1.165) is 0 Å². The first kappa shape index (κ1) is 30.0. The van der Waals surface area contributed by atoms with E-state index in [4.69, 9.17) is 9.47 Å². The summed E-state index contributed by atoms with van der Waals surface area (Å²) in [5.74, 6) is -3.59. The minimum atomic E-state index is -1.43. The van der Waals surface area contributed by atoms with Crippen LogP contribution in [0, 0.1) is 11.8 Å². The number of amides is 3. The molecule has 0 radical (unpaired) electrons. The van der Waals surface area contributed by atoms with E-state index in [1.54, 1.807) is 30.1 Å². The second-order valence-corrected chi connectivity index (χ2v) is 11.9. The fourth-order valence-electron chi connectivity index (χ4n) is 6.93. The number of allylic oxidation sites excluding steroid dienone is 1. The summed E-state index contributed by atoms with van der Waals surface area (Å²) < 4.78 is 12.9. The van der Waals surface area contributed by atoms with Crippen LogP contribution in [0.4, 0.5) is 0 Å². The first-order valence-electron chi connectivity index (χ1n) is 14.9. The predicted octanol–water partition coefficient (Wildman–Crippen LogP) is 2.28. The molecule has 2 saturated heterocycles. The molecule has 3 amide bonds. The summed E-state index contributed by atoms with van der Waals surface area (Å²) in [5, 5.41) is 13.2. The molecule has 0 aliphatic carbocycles. The molecule has 1 spiro atoms. The van der Waals surface area contributed by atoms with Crippen LogP contribution < -0.4 is 5.32 Å². The Labute approximate surface area is 246 Å². The Morgan fingerprint density at radius 1 is 1.10 bits per heavy atom. The third-order valence-electron chi connectivity index (χ3n) is 9.01. The van der Waals surface area contributed by atoms with Crippen LogP contribution in [-0.2, 0) is 28.7 Å². The molecule has 0 saturated carbocycles. The van der Waals surface area contributed by atoms with Gasteiger partial charge in [0.05, 0.1) is 30.7 Å². The molecule has 226 valence electrons. The topological polar surface area (TPSA) is 125 Å². The Balaban J connectivity index is 1.63. The number of rotatable bonds is 5. The lowest BCUT2D eigenvalue weighted by atomic mass is 9.77. The highest BCUT2D eigenvalue weighted by Crippen LogP contribution is 2.54. The van der Waals surface area contributed by atoms with E-state index in [9.17, 15) is 24.3 Å². The summed E-state index contributed by atoms with van der Waals surface area (Å²) in [6.07, 6.45) is 6.51. The van der Waals surface area contributed by atoms with Crippen molar-refractivity contribution in [2.45, 2.75) is 88.9 Å². The standard InChI is InChI=1S/C32H41N3O7/c1-5-22(18-36)35-28-30(39)34(19(2)3)17-11-16-32(28)26(29(35)38)25-23(42-32)14-9-10-15-24(37)33-20(4)27(41-31(25)40)21-12-7-6-8-13-21/h6-9,11-14,16,19-20,22-23,25-28,36H,5,10,15,17-18H2,1-4H3,(H,33,37)/b14-9-/t20-,22+,23-,25+,26+,27+,28-,32+/m1/s1. The van der Waals surface area contributed by atoms with E-state index >= 15 is 0 Å². The highest BCUT2D eigenvalue weighted by atomic mass is 16.6. The van der Waals surface area contributed by atoms with Crippen molar-refractivity contribution in [3.8, 4) is 0 Å². The number of esters is 1. The number of nitrogens with zero attached hydrogens (tertiary/aromatic N) is 2. The second kappa shape index (κ2) is 12.0. The monoisotopic (exact) mass is 579 g/mol. The summed E-state index contributed by atoms with van der Waals surface area (Å²) in [6.45, 7) is 7.46. The zero-order valence-electron chi connectivity index (χ0n) is 24.6. The van der Waals surface area contributed by atoms with Crippen LogP contribution in [0.25, 0.3) is 0 Å². The third kappa shape index (κ3) is 5.04. The maximum Gasteiger partial charge on any atom is 0.313 e. The van der Waals surface area contributed by atoms with Gasteiger partial charge < -0.3 is 29.7 Å². The number of hydrogen-bond acceptors (Lipinski definition) is 7. The van der Waals surface area contributed by atoms with E-state index in [1.807, 2.05) is 57.2 Å². The SMILES string of the molecule is CC[C@@H](CO)N1C(=O)[C@@H]2[C@H]3C(=O)O[C@H](c4ccccc4)[C@@H](C)NC(=O)CC/C=C\[C@H]3O[C@@]23C=CCN(C(C)C)C(=O)[C@@H]13. The van der Waals surface area contributed by atoms with E-state index in [0.29, 0.717) is 24.9 Å². The first-order valence-corrected chi connectivity index (χ1v) is 14.9. The summed E-state index contributed by atoms with van der Waals surface area (Å²) in [5.41, 5.74) is -0.724. The van der Waals surface area contributed by atoms with Crippen molar-refractivity contribution < 1.29 is 33.8 Å². The maximum absolute atomic E-state index is 14.4. The molecule has 10 heteroatoms. The third-order valence-corrected chi connectivity index (χ3v) is 9.01. The Hall–Kier alpha value is -3.50. The number of hydrogen-bond donors (Lipinski definition) is 2. The molecule has 0 aromatic heterocycles. The lowest BCUT2D eigenvalue weighted by Crippen LogP contribution is -2.58. The highest BCUT2D eigenvalue weighted by molar-refractivity contribution is 5.99. The quantitative estimate of drug-likeness (QED) is 0.405. The van der Waals surface area contributed by atoms with E-state index in [1.165, 1.54) is 4.90 Å². The van der Waals surface area contributed by atoms with Gasteiger partial charge in [-0.05, 0) is 39.2 Å². The number of ether oxygens (including phenoxy) is 2. The van der Waals surface area contributed by atoms with Gasteiger partial charge in [0.2, 0.25) is 17.7 Å². The lowest BCUT2D eigenvalue weighted by molar-refractivity contribution is -0.162.